The Kier molecular flexibility index (Phi) is 5.63. The van der Waals surface area contributed by atoms with E-state index in [4.69, 9.17) is 0 Å². The van der Waals surface area contributed by atoms with Crippen LogP contribution in [0.5, 0.6) is 0 Å². The molecule has 0 aliphatic carbocycles. The second-order valence-corrected chi connectivity index (χ2v) is 6.34. The molecule has 0 amide bonds. The Hall–Kier alpha value is -0.380. The van der Waals surface area contributed by atoms with E-state index in [1.165, 1.54) is 4.88 Å². The minimum absolute atomic E-state index is 0.346. The van der Waals surface area contributed by atoms with Gasteiger partial charge < -0.3 is 10.4 Å². The first-order valence-electron chi connectivity index (χ1n) is 6.45. The third-order valence-corrected chi connectivity index (χ3v) is 3.96. The van der Waals surface area contributed by atoms with Gasteiger partial charge in [-0.15, -0.1) is 11.3 Å². The zero-order valence-corrected chi connectivity index (χ0v) is 12.2. The Morgan fingerprint density at radius 3 is 2.65 bits per heavy atom. The molecule has 0 fully saturated rings. The maximum absolute atomic E-state index is 10.2. The Balaban J connectivity index is 2.57. The third kappa shape index (κ3) is 4.78. The molecule has 0 aromatic carbocycles. The molecule has 2 atom stereocenters. The molecule has 0 aliphatic heterocycles. The van der Waals surface area contributed by atoms with Crippen LogP contribution in [0.25, 0.3) is 0 Å². The normalized spacial score (nSPS) is 17.1. The lowest BCUT2D eigenvalue weighted by molar-refractivity contribution is 0.0455. The van der Waals surface area contributed by atoms with Gasteiger partial charge >= 0.3 is 0 Å². The summed E-state index contributed by atoms with van der Waals surface area (Å²) in [6.45, 7) is 9.10. The SMILES string of the molecule is CCCC(C)(O)CNC(c1cccs1)C(C)C. The Morgan fingerprint density at radius 2 is 2.18 bits per heavy atom. The summed E-state index contributed by atoms with van der Waals surface area (Å²) in [6, 6.07) is 4.59. The van der Waals surface area contributed by atoms with Gasteiger partial charge in [0.2, 0.25) is 0 Å². The summed E-state index contributed by atoms with van der Waals surface area (Å²) in [6.07, 6.45) is 1.86. The number of hydrogen-bond donors (Lipinski definition) is 2. The van der Waals surface area contributed by atoms with Crippen LogP contribution in [0.4, 0.5) is 0 Å². The summed E-state index contributed by atoms with van der Waals surface area (Å²) in [4.78, 5) is 1.35. The van der Waals surface area contributed by atoms with Gasteiger partial charge in [-0.1, -0.05) is 33.3 Å². The number of thiophene rings is 1. The molecule has 1 heterocycles. The molecule has 0 spiro atoms. The van der Waals surface area contributed by atoms with Crippen molar-refractivity contribution in [3.63, 3.8) is 0 Å². The summed E-state index contributed by atoms with van der Waals surface area (Å²) in [5, 5.41) is 15.8. The second kappa shape index (κ2) is 6.53. The summed E-state index contributed by atoms with van der Waals surface area (Å²) in [5.74, 6) is 0.533. The maximum atomic E-state index is 10.2. The highest BCUT2D eigenvalue weighted by Gasteiger charge is 2.23. The third-order valence-electron chi connectivity index (χ3n) is 3.01. The highest BCUT2D eigenvalue weighted by molar-refractivity contribution is 7.10. The monoisotopic (exact) mass is 255 g/mol. The minimum atomic E-state index is -0.598. The lowest BCUT2D eigenvalue weighted by Gasteiger charge is -2.28. The van der Waals surface area contributed by atoms with Gasteiger partial charge in [-0.05, 0) is 30.7 Å². The molecule has 2 unspecified atom stereocenters. The lowest BCUT2D eigenvalue weighted by Crippen LogP contribution is -2.40. The summed E-state index contributed by atoms with van der Waals surface area (Å²) in [5.41, 5.74) is -0.598. The summed E-state index contributed by atoms with van der Waals surface area (Å²) < 4.78 is 0. The molecule has 1 rings (SSSR count). The standard InChI is InChI=1S/C14H25NOS/c1-5-8-14(4,16)10-15-13(11(2)3)12-7-6-9-17-12/h6-7,9,11,13,15-16H,5,8,10H2,1-4H3. The van der Waals surface area contributed by atoms with E-state index in [1.54, 1.807) is 11.3 Å². The van der Waals surface area contributed by atoms with E-state index in [9.17, 15) is 5.11 Å². The molecule has 17 heavy (non-hydrogen) atoms. The van der Waals surface area contributed by atoms with Crippen LogP contribution in [0, 0.1) is 5.92 Å². The van der Waals surface area contributed by atoms with Gasteiger partial charge in [0.1, 0.15) is 0 Å². The number of rotatable bonds is 7. The van der Waals surface area contributed by atoms with Crippen molar-refractivity contribution in [3.8, 4) is 0 Å². The second-order valence-electron chi connectivity index (χ2n) is 5.36. The van der Waals surface area contributed by atoms with Crippen molar-refractivity contribution in [2.75, 3.05) is 6.54 Å². The van der Waals surface area contributed by atoms with Crippen molar-refractivity contribution >= 4 is 11.3 Å². The predicted molar refractivity (Wildman–Crippen MR) is 75.4 cm³/mol. The fourth-order valence-corrected chi connectivity index (χ4v) is 3.06. The van der Waals surface area contributed by atoms with Gasteiger partial charge in [0.15, 0.2) is 0 Å². The van der Waals surface area contributed by atoms with Gasteiger partial charge in [-0.3, -0.25) is 0 Å². The van der Waals surface area contributed by atoms with Crippen LogP contribution in [-0.4, -0.2) is 17.3 Å². The number of nitrogens with one attached hydrogen (secondary N) is 1. The molecule has 3 heteroatoms. The maximum Gasteiger partial charge on any atom is 0.0743 e. The Labute approximate surface area is 109 Å². The van der Waals surface area contributed by atoms with Crippen molar-refractivity contribution in [2.24, 2.45) is 5.92 Å². The topological polar surface area (TPSA) is 32.3 Å². The van der Waals surface area contributed by atoms with Crippen LogP contribution in [0.2, 0.25) is 0 Å². The molecule has 2 nitrogen and oxygen atoms in total. The average molecular weight is 255 g/mol. The van der Waals surface area contributed by atoms with Crippen molar-refractivity contribution in [1.29, 1.82) is 0 Å². The molecular weight excluding hydrogens is 230 g/mol. The van der Waals surface area contributed by atoms with Crippen LogP contribution in [0.1, 0.15) is 51.5 Å². The number of aliphatic hydroxyl groups is 1. The van der Waals surface area contributed by atoms with E-state index >= 15 is 0 Å². The van der Waals surface area contributed by atoms with Crippen LogP contribution < -0.4 is 5.32 Å². The highest BCUT2D eigenvalue weighted by atomic mass is 32.1. The van der Waals surface area contributed by atoms with Crippen molar-refractivity contribution in [3.05, 3.63) is 22.4 Å². The quantitative estimate of drug-likeness (QED) is 0.780. The van der Waals surface area contributed by atoms with E-state index in [-0.39, 0.29) is 0 Å². The van der Waals surface area contributed by atoms with E-state index in [0.717, 1.165) is 12.8 Å². The van der Waals surface area contributed by atoms with Crippen LogP contribution in [-0.2, 0) is 0 Å². The predicted octanol–water partition coefficient (Wildman–Crippen LogP) is 3.59. The Morgan fingerprint density at radius 1 is 1.47 bits per heavy atom. The molecule has 0 bridgehead atoms. The van der Waals surface area contributed by atoms with Crippen LogP contribution >= 0.6 is 11.3 Å². The van der Waals surface area contributed by atoms with E-state index in [2.05, 4.69) is 43.6 Å². The molecular formula is C14H25NOS. The zero-order valence-electron chi connectivity index (χ0n) is 11.4. The summed E-state index contributed by atoms with van der Waals surface area (Å²) >= 11 is 1.78. The minimum Gasteiger partial charge on any atom is -0.389 e. The lowest BCUT2D eigenvalue weighted by atomic mass is 9.97. The van der Waals surface area contributed by atoms with Crippen molar-refractivity contribution < 1.29 is 5.11 Å². The molecule has 1 aromatic rings. The van der Waals surface area contributed by atoms with E-state index < -0.39 is 5.60 Å². The van der Waals surface area contributed by atoms with Gasteiger partial charge in [-0.25, -0.2) is 0 Å². The van der Waals surface area contributed by atoms with Crippen molar-refractivity contribution in [1.82, 2.24) is 5.32 Å². The molecule has 0 aliphatic rings. The first-order valence-corrected chi connectivity index (χ1v) is 7.33. The molecule has 1 aromatic heterocycles. The van der Waals surface area contributed by atoms with Gasteiger partial charge in [-0.2, -0.15) is 0 Å². The fourth-order valence-electron chi connectivity index (χ4n) is 2.09. The van der Waals surface area contributed by atoms with Gasteiger partial charge in [0.05, 0.1) is 5.60 Å². The van der Waals surface area contributed by atoms with E-state index in [1.807, 2.05) is 6.92 Å². The molecule has 2 N–H and O–H groups in total. The van der Waals surface area contributed by atoms with Gasteiger partial charge in [0, 0.05) is 17.5 Å². The Bertz CT molecular complexity index is 306. The molecule has 98 valence electrons. The molecule has 0 radical (unpaired) electrons. The molecule has 0 saturated heterocycles. The largest absolute Gasteiger partial charge is 0.389 e. The number of hydrogen-bond acceptors (Lipinski definition) is 3. The highest BCUT2D eigenvalue weighted by Crippen LogP contribution is 2.26. The smallest absolute Gasteiger partial charge is 0.0743 e. The average Bonchev–Trinajstić information content (AvgIpc) is 2.70. The first-order chi connectivity index (χ1) is 7.96. The van der Waals surface area contributed by atoms with Crippen LogP contribution in [0.15, 0.2) is 17.5 Å². The van der Waals surface area contributed by atoms with Crippen molar-refractivity contribution in [2.45, 2.75) is 52.2 Å². The summed E-state index contributed by atoms with van der Waals surface area (Å²) in [7, 11) is 0. The fraction of sp³-hybridized carbons (Fsp3) is 0.714. The van der Waals surface area contributed by atoms with E-state index in [0.29, 0.717) is 18.5 Å². The molecule has 0 saturated carbocycles. The van der Waals surface area contributed by atoms with Crippen LogP contribution in [0.3, 0.4) is 0 Å². The van der Waals surface area contributed by atoms with Gasteiger partial charge in [0.25, 0.3) is 0 Å². The first kappa shape index (κ1) is 14.7. The zero-order chi connectivity index (χ0) is 12.9.